The first-order valence-corrected chi connectivity index (χ1v) is 5.27. The number of nitrogens with one attached hydrogen (secondary N) is 2. The summed E-state index contributed by atoms with van der Waals surface area (Å²) in [7, 11) is 1.94. The van der Waals surface area contributed by atoms with E-state index in [-0.39, 0.29) is 0 Å². The number of hydrazine groups is 2. The van der Waals surface area contributed by atoms with Gasteiger partial charge in [-0.1, -0.05) is 19.9 Å². The molecule has 0 saturated heterocycles. The molecule has 0 saturated carbocycles. The minimum absolute atomic E-state index is 0.447. The molecule has 0 radical (unpaired) electrons. The van der Waals surface area contributed by atoms with Crippen molar-refractivity contribution >= 4 is 18.1 Å². The first kappa shape index (κ1) is 12.3. The monoisotopic (exact) mass is 222 g/mol. The summed E-state index contributed by atoms with van der Waals surface area (Å²) in [6.07, 6.45) is 0. The lowest BCUT2D eigenvalue weighted by molar-refractivity contribution is 0.133. The van der Waals surface area contributed by atoms with Gasteiger partial charge in [0.15, 0.2) is 0 Å². The Kier molecular flexibility index (Phi) is 4.60. The van der Waals surface area contributed by atoms with Gasteiger partial charge in [0.1, 0.15) is 6.61 Å². The number of hydrogen-bond acceptors (Lipinski definition) is 5. The fourth-order valence-electron chi connectivity index (χ4n) is 1.39. The summed E-state index contributed by atoms with van der Waals surface area (Å²) in [5, 5.41) is 5.25. The Hall–Kier alpha value is -1.75. The smallest absolute Gasteiger partial charge is 0.142 e. The third-order valence-corrected chi connectivity index (χ3v) is 2.10. The first-order valence-electron chi connectivity index (χ1n) is 5.27. The Labute approximate surface area is 96.0 Å². The Balaban J connectivity index is 0.000000606. The highest BCUT2D eigenvalue weighted by atomic mass is 16.6. The van der Waals surface area contributed by atoms with Crippen LogP contribution in [0, 0.1) is 0 Å². The zero-order chi connectivity index (χ0) is 12.0. The maximum absolute atomic E-state index is 4.86. The van der Waals surface area contributed by atoms with Crippen LogP contribution in [-0.4, -0.2) is 13.8 Å². The molecule has 0 spiro atoms. The van der Waals surface area contributed by atoms with Gasteiger partial charge in [0.2, 0.25) is 0 Å². The zero-order valence-electron chi connectivity index (χ0n) is 9.95. The van der Waals surface area contributed by atoms with Gasteiger partial charge in [0, 0.05) is 13.8 Å². The summed E-state index contributed by atoms with van der Waals surface area (Å²) in [5.41, 5.74) is 9.22. The number of hydrogen-bond donors (Lipinski definition) is 2. The average molecular weight is 222 g/mol. The SMILES string of the molecule is C=NOCc1ccc2c(c1)NNN2C.CC. The van der Waals surface area contributed by atoms with E-state index in [4.69, 9.17) is 4.84 Å². The molecular formula is C11H18N4O. The van der Waals surface area contributed by atoms with E-state index in [0.29, 0.717) is 6.61 Å². The third kappa shape index (κ3) is 2.64. The summed E-state index contributed by atoms with van der Waals surface area (Å²) < 4.78 is 0. The van der Waals surface area contributed by atoms with Gasteiger partial charge in [-0.25, -0.2) is 0 Å². The van der Waals surface area contributed by atoms with Crippen molar-refractivity contribution in [3.63, 3.8) is 0 Å². The van der Waals surface area contributed by atoms with E-state index in [9.17, 15) is 0 Å². The second-order valence-electron chi connectivity index (χ2n) is 3.05. The Morgan fingerprint density at radius 1 is 1.44 bits per heavy atom. The van der Waals surface area contributed by atoms with Crippen LogP contribution in [0.2, 0.25) is 0 Å². The van der Waals surface area contributed by atoms with Crippen LogP contribution in [0.4, 0.5) is 11.4 Å². The summed E-state index contributed by atoms with van der Waals surface area (Å²) in [6, 6.07) is 6.02. The van der Waals surface area contributed by atoms with E-state index in [0.717, 1.165) is 16.9 Å². The lowest BCUT2D eigenvalue weighted by atomic mass is 10.2. The molecule has 88 valence electrons. The van der Waals surface area contributed by atoms with Crippen molar-refractivity contribution in [3.05, 3.63) is 23.8 Å². The van der Waals surface area contributed by atoms with E-state index in [1.807, 2.05) is 44.1 Å². The molecule has 1 aliphatic heterocycles. The third-order valence-electron chi connectivity index (χ3n) is 2.10. The number of fused-ring (bicyclic) bond motifs is 1. The van der Waals surface area contributed by atoms with Crippen LogP contribution in [-0.2, 0) is 11.4 Å². The van der Waals surface area contributed by atoms with Crippen LogP contribution < -0.4 is 16.0 Å². The number of anilines is 2. The standard InChI is InChI=1S/C9H12N4O.C2H6/c1-10-14-6-7-3-4-9-8(5-7)11-12-13(9)2;1-2/h3-5,11-12H,1,6H2,2H3;1-2H3. The van der Waals surface area contributed by atoms with Gasteiger partial charge in [-0.15, -0.1) is 10.7 Å². The van der Waals surface area contributed by atoms with Gasteiger partial charge in [0.05, 0.1) is 11.4 Å². The number of rotatable bonds is 3. The molecule has 1 aromatic carbocycles. The maximum atomic E-state index is 4.86. The second-order valence-corrected chi connectivity index (χ2v) is 3.05. The second kappa shape index (κ2) is 5.97. The van der Waals surface area contributed by atoms with Crippen molar-refractivity contribution < 1.29 is 4.84 Å². The molecule has 2 rings (SSSR count). The van der Waals surface area contributed by atoms with Gasteiger partial charge >= 0.3 is 0 Å². The van der Waals surface area contributed by atoms with Gasteiger partial charge < -0.3 is 10.3 Å². The minimum atomic E-state index is 0.447. The topological polar surface area (TPSA) is 48.9 Å². The quantitative estimate of drug-likeness (QED) is 0.607. The van der Waals surface area contributed by atoms with Crippen LogP contribution in [0.3, 0.4) is 0 Å². The molecule has 0 atom stereocenters. The largest absolute Gasteiger partial charge is 0.391 e. The van der Waals surface area contributed by atoms with Crippen LogP contribution in [0.1, 0.15) is 19.4 Å². The Morgan fingerprint density at radius 3 is 2.88 bits per heavy atom. The summed E-state index contributed by atoms with van der Waals surface area (Å²) in [4.78, 5) is 4.86. The molecule has 5 nitrogen and oxygen atoms in total. The van der Waals surface area contributed by atoms with Crippen LogP contribution >= 0.6 is 0 Å². The molecule has 0 aliphatic carbocycles. The van der Waals surface area contributed by atoms with Crippen molar-refractivity contribution in [2.45, 2.75) is 20.5 Å². The molecule has 1 heterocycles. The summed E-state index contributed by atoms with van der Waals surface area (Å²) in [6.45, 7) is 7.70. The number of oxime groups is 1. The van der Waals surface area contributed by atoms with Crippen LogP contribution in [0.5, 0.6) is 0 Å². The van der Waals surface area contributed by atoms with Gasteiger partial charge in [-0.2, -0.15) is 0 Å². The molecule has 1 aromatic rings. The molecule has 0 amide bonds. The summed E-state index contributed by atoms with van der Waals surface area (Å²) >= 11 is 0. The molecule has 0 fully saturated rings. The highest BCUT2D eigenvalue weighted by Gasteiger charge is 2.14. The van der Waals surface area contributed by atoms with Crippen LogP contribution in [0.25, 0.3) is 0 Å². The van der Waals surface area contributed by atoms with Crippen molar-refractivity contribution in [1.29, 1.82) is 0 Å². The minimum Gasteiger partial charge on any atom is -0.391 e. The lowest BCUT2D eigenvalue weighted by Crippen LogP contribution is -2.31. The normalized spacial score (nSPS) is 12.1. The van der Waals surface area contributed by atoms with Crippen molar-refractivity contribution in [1.82, 2.24) is 5.53 Å². The molecule has 16 heavy (non-hydrogen) atoms. The zero-order valence-corrected chi connectivity index (χ0v) is 9.95. The van der Waals surface area contributed by atoms with Crippen molar-refractivity contribution in [2.24, 2.45) is 5.16 Å². The van der Waals surface area contributed by atoms with E-state index in [1.165, 1.54) is 0 Å². The molecule has 5 heteroatoms. The van der Waals surface area contributed by atoms with E-state index < -0.39 is 0 Å². The summed E-state index contributed by atoms with van der Waals surface area (Å²) in [5.74, 6) is 0. The van der Waals surface area contributed by atoms with E-state index in [1.54, 1.807) is 0 Å². The number of benzene rings is 1. The fourth-order valence-corrected chi connectivity index (χ4v) is 1.39. The Morgan fingerprint density at radius 2 is 2.19 bits per heavy atom. The van der Waals surface area contributed by atoms with Crippen molar-refractivity contribution in [3.8, 4) is 0 Å². The molecular weight excluding hydrogens is 204 g/mol. The van der Waals surface area contributed by atoms with Gasteiger partial charge in [-0.3, -0.25) is 5.01 Å². The Bertz CT molecular complexity index is 354. The predicted molar refractivity (Wildman–Crippen MR) is 67.3 cm³/mol. The number of nitrogens with zero attached hydrogens (tertiary/aromatic N) is 2. The highest BCUT2D eigenvalue weighted by molar-refractivity contribution is 5.73. The van der Waals surface area contributed by atoms with Gasteiger partial charge in [-0.05, 0) is 17.7 Å². The molecule has 1 aliphatic rings. The van der Waals surface area contributed by atoms with Crippen LogP contribution in [0.15, 0.2) is 23.4 Å². The molecule has 2 N–H and O–H groups in total. The maximum Gasteiger partial charge on any atom is 0.142 e. The molecule has 0 unspecified atom stereocenters. The highest BCUT2D eigenvalue weighted by Crippen LogP contribution is 2.28. The first-order chi connectivity index (χ1) is 7.81. The van der Waals surface area contributed by atoms with Gasteiger partial charge in [0.25, 0.3) is 0 Å². The predicted octanol–water partition coefficient (Wildman–Crippen LogP) is 2.13. The van der Waals surface area contributed by atoms with E-state index in [2.05, 4.69) is 22.8 Å². The van der Waals surface area contributed by atoms with E-state index >= 15 is 0 Å². The lowest BCUT2D eigenvalue weighted by Gasteiger charge is -2.09. The fraction of sp³-hybridized carbons (Fsp3) is 0.364. The van der Waals surface area contributed by atoms with Crippen molar-refractivity contribution in [2.75, 3.05) is 17.5 Å². The molecule has 0 aromatic heterocycles. The average Bonchev–Trinajstić information content (AvgIpc) is 2.71. The molecule has 0 bridgehead atoms.